The minimum atomic E-state index is -5.66. The number of hydrogen-bond acceptors (Lipinski definition) is 3. The molecular weight excluding hydrogens is 458 g/mol. The van der Waals surface area contributed by atoms with Crippen LogP contribution in [-0.4, -0.2) is 22.0 Å². The van der Waals surface area contributed by atoms with E-state index in [-0.39, 0.29) is 10.5 Å². The fourth-order valence-electron chi connectivity index (χ4n) is 3.09. The molecule has 0 spiro atoms. The Morgan fingerprint density at radius 3 is 2.00 bits per heavy atom. The van der Waals surface area contributed by atoms with E-state index in [4.69, 9.17) is 4.74 Å². The van der Waals surface area contributed by atoms with Crippen LogP contribution in [0.2, 0.25) is 0 Å². The van der Waals surface area contributed by atoms with Crippen molar-refractivity contribution in [1.82, 2.24) is 4.72 Å². The fourth-order valence-corrected chi connectivity index (χ4v) is 4.12. The minimum Gasteiger partial charge on any atom is -0.458 e. The first kappa shape index (κ1) is 24.6. The van der Waals surface area contributed by atoms with Crippen molar-refractivity contribution in [3.8, 4) is 0 Å². The Labute approximate surface area is 191 Å². The number of halogens is 4. The third-order valence-corrected chi connectivity index (χ3v) is 6.06. The molecule has 0 bridgehead atoms. The van der Waals surface area contributed by atoms with Gasteiger partial charge in [-0.05, 0) is 30.2 Å². The van der Waals surface area contributed by atoms with Gasteiger partial charge in [0.15, 0.2) is 0 Å². The summed E-state index contributed by atoms with van der Waals surface area (Å²) in [5, 5.41) is 0. The molecule has 0 saturated heterocycles. The van der Waals surface area contributed by atoms with Crippen molar-refractivity contribution < 1.29 is 31.3 Å². The van der Waals surface area contributed by atoms with Crippen molar-refractivity contribution in [3.05, 3.63) is 102 Å². The number of carbonyl (C=O) groups excluding carboxylic acids is 1. The summed E-state index contributed by atoms with van der Waals surface area (Å²) in [5.74, 6) is -2.12. The van der Waals surface area contributed by atoms with Gasteiger partial charge in [-0.2, -0.15) is 13.2 Å². The first-order valence-electron chi connectivity index (χ1n) is 9.89. The van der Waals surface area contributed by atoms with Gasteiger partial charge < -0.3 is 4.74 Å². The van der Waals surface area contributed by atoms with Gasteiger partial charge >= 0.3 is 17.8 Å². The average molecular weight is 479 g/mol. The van der Waals surface area contributed by atoms with Gasteiger partial charge in [0, 0.05) is 0 Å². The van der Waals surface area contributed by atoms with E-state index in [2.05, 4.69) is 4.72 Å². The molecule has 3 rings (SSSR count). The SMILES string of the molecule is Cc1ccc([S@](=O)N[C@@H](c2ccccc2)[C@](F)(C(=O)OCc2ccccc2)C(F)(F)F)cc1. The van der Waals surface area contributed by atoms with Crippen LogP contribution in [0.25, 0.3) is 0 Å². The second kappa shape index (κ2) is 10.3. The maximum absolute atomic E-state index is 15.9. The summed E-state index contributed by atoms with van der Waals surface area (Å²) >= 11 is 0. The van der Waals surface area contributed by atoms with E-state index < -0.39 is 41.4 Å². The quantitative estimate of drug-likeness (QED) is 0.350. The van der Waals surface area contributed by atoms with E-state index in [0.29, 0.717) is 5.56 Å². The summed E-state index contributed by atoms with van der Waals surface area (Å²) in [5.41, 5.74) is -3.49. The number of ether oxygens (including phenoxy) is 1. The molecule has 174 valence electrons. The highest BCUT2D eigenvalue weighted by Gasteiger charge is 2.68. The Bertz CT molecular complexity index is 1090. The van der Waals surface area contributed by atoms with Crippen LogP contribution in [0.1, 0.15) is 22.7 Å². The molecule has 3 aromatic carbocycles. The molecule has 0 unspecified atom stereocenters. The minimum absolute atomic E-state index is 0.128. The first-order valence-corrected chi connectivity index (χ1v) is 11.0. The summed E-state index contributed by atoms with van der Waals surface area (Å²) in [4.78, 5) is 12.7. The third-order valence-electron chi connectivity index (χ3n) is 4.91. The van der Waals surface area contributed by atoms with Gasteiger partial charge in [-0.15, -0.1) is 0 Å². The van der Waals surface area contributed by atoms with Gasteiger partial charge in [-0.25, -0.2) is 18.1 Å². The zero-order valence-corrected chi connectivity index (χ0v) is 18.3. The normalized spacial score (nSPS) is 15.3. The zero-order chi connectivity index (χ0) is 24.1. The number of alkyl halides is 4. The van der Waals surface area contributed by atoms with Crippen molar-refractivity contribution in [2.75, 3.05) is 0 Å². The molecule has 33 heavy (non-hydrogen) atoms. The maximum atomic E-state index is 15.9. The average Bonchev–Trinajstić information content (AvgIpc) is 2.81. The summed E-state index contributed by atoms with van der Waals surface area (Å²) in [6.45, 7) is 1.23. The number of carbonyl (C=O) groups is 1. The highest BCUT2D eigenvalue weighted by molar-refractivity contribution is 7.83. The molecular formula is C24H21F4NO3S. The van der Waals surface area contributed by atoms with Crippen LogP contribution in [0.3, 0.4) is 0 Å². The monoisotopic (exact) mass is 479 g/mol. The number of aryl methyl sites for hydroxylation is 1. The van der Waals surface area contributed by atoms with Crippen LogP contribution in [-0.2, 0) is 27.1 Å². The predicted octanol–water partition coefficient (Wildman–Crippen LogP) is 5.36. The zero-order valence-electron chi connectivity index (χ0n) is 17.5. The molecule has 9 heteroatoms. The Morgan fingerprint density at radius 2 is 1.45 bits per heavy atom. The highest BCUT2D eigenvalue weighted by atomic mass is 32.2. The van der Waals surface area contributed by atoms with Crippen molar-refractivity contribution in [2.45, 2.75) is 36.3 Å². The predicted molar refractivity (Wildman–Crippen MR) is 116 cm³/mol. The molecule has 0 aliphatic carbocycles. The van der Waals surface area contributed by atoms with Crippen LogP contribution in [0.15, 0.2) is 89.8 Å². The first-order chi connectivity index (χ1) is 15.6. The van der Waals surface area contributed by atoms with Crippen LogP contribution >= 0.6 is 0 Å². The van der Waals surface area contributed by atoms with E-state index >= 15 is 4.39 Å². The van der Waals surface area contributed by atoms with Gasteiger partial charge in [0.25, 0.3) is 0 Å². The van der Waals surface area contributed by atoms with Crippen LogP contribution in [0.4, 0.5) is 17.6 Å². The fraction of sp³-hybridized carbons (Fsp3) is 0.208. The summed E-state index contributed by atoms with van der Waals surface area (Å²) in [6.07, 6.45) is -5.66. The topological polar surface area (TPSA) is 55.4 Å². The van der Waals surface area contributed by atoms with Crippen molar-refractivity contribution >= 4 is 17.0 Å². The number of hydrogen-bond donors (Lipinski definition) is 1. The Kier molecular flexibility index (Phi) is 7.65. The molecule has 3 aromatic rings. The van der Waals surface area contributed by atoms with Crippen LogP contribution in [0.5, 0.6) is 0 Å². The molecule has 0 aliphatic rings. The largest absolute Gasteiger partial charge is 0.458 e. The molecule has 0 radical (unpaired) electrons. The Balaban J connectivity index is 1.98. The molecule has 0 aliphatic heterocycles. The van der Waals surface area contributed by atoms with Gasteiger partial charge in [0.05, 0.1) is 10.9 Å². The summed E-state index contributed by atoms with van der Waals surface area (Å²) in [6, 6.07) is 18.5. The van der Waals surface area contributed by atoms with Crippen molar-refractivity contribution in [2.24, 2.45) is 0 Å². The molecule has 0 amide bonds. The van der Waals surface area contributed by atoms with E-state index in [1.54, 1.807) is 37.3 Å². The summed E-state index contributed by atoms with van der Waals surface area (Å²) < 4.78 is 78.0. The van der Waals surface area contributed by atoms with Gasteiger partial charge in [-0.3, -0.25) is 0 Å². The van der Waals surface area contributed by atoms with Gasteiger partial charge in [0.2, 0.25) is 0 Å². The Morgan fingerprint density at radius 1 is 0.909 bits per heavy atom. The molecule has 0 heterocycles. The lowest BCUT2D eigenvalue weighted by Crippen LogP contribution is -2.57. The van der Waals surface area contributed by atoms with E-state index in [9.17, 15) is 22.2 Å². The Hall–Kier alpha value is -3.04. The van der Waals surface area contributed by atoms with E-state index in [0.717, 1.165) is 5.56 Å². The molecule has 3 atom stereocenters. The number of rotatable bonds is 8. The highest BCUT2D eigenvalue weighted by Crippen LogP contribution is 2.45. The number of benzene rings is 3. The lowest BCUT2D eigenvalue weighted by molar-refractivity contribution is -0.247. The summed E-state index contributed by atoms with van der Waals surface area (Å²) in [7, 11) is -2.26. The van der Waals surface area contributed by atoms with Crippen molar-refractivity contribution in [3.63, 3.8) is 0 Å². The molecule has 1 N–H and O–H groups in total. The van der Waals surface area contributed by atoms with Gasteiger partial charge in [0.1, 0.15) is 17.6 Å². The lowest BCUT2D eigenvalue weighted by Gasteiger charge is -2.33. The van der Waals surface area contributed by atoms with E-state index in [1.807, 2.05) is 0 Å². The number of esters is 1. The van der Waals surface area contributed by atoms with E-state index in [1.165, 1.54) is 54.6 Å². The smallest absolute Gasteiger partial charge is 0.435 e. The maximum Gasteiger partial charge on any atom is 0.435 e. The standard InChI is InChI=1S/C24H21F4NO3S/c1-17-12-14-20(15-13-17)33(31)29-21(19-10-6-3-7-11-19)23(25,24(26,27)28)22(30)32-16-18-8-4-2-5-9-18/h2-15,21,29H,16H2,1H3/t21-,23-,33-/m0/s1. The molecule has 0 saturated carbocycles. The second-order valence-corrected chi connectivity index (χ2v) is 8.56. The molecule has 4 nitrogen and oxygen atoms in total. The molecule has 0 aromatic heterocycles. The second-order valence-electron chi connectivity index (χ2n) is 7.31. The third kappa shape index (κ3) is 5.66. The molecule has 0 fully saturated rings. The van der Waals surface area contributed by atoms with Crippen LogP contribution < -0.4 is 4.72 Å². The van der Waals surface area contributed by atoms with Gasteiger partial charge in [-0.1, -0.05) is 78.4 Å². The lowest BCUT2D eigenvalue weighted by atomic mass is 9.90. The van der Waals surface area contributed by atoms with Crippen LogP contribution in [0, 0.1) is 6.92 Å². The van der Waals surface area contributed by atoms with Crippen molar-refractivity contribution in [1.29, 1.82) is 0 Å². The number of nitrogens with one attached hydrogen (secondary N) is 1.